The largest absolute Gasteiger partial charge is 0.380 e. The third-order valence-corrected chi connectivity index (χ3v) is 4.66. The molecule has 1 heterocycles. The first-order valence-electron chi connectivity index (χ1n) is 7.69. The second-order valence-corrected chi connectivity index (χ2v) is 6.70. The summed E-state index contributed by atoms with van der Waals surface area (Å²) in [4.78, 5) is 2.49. The SMILES string of the molecule is CCNC(CCN1CCCOCC1)c1ccc(Br)cc1Cl. The van der Waals surface area contributed by atoms with E-state index in [4.69, 9.17) is 16.3 Å². The highest BCUT2D eigenvalue weighted by Gasteiger charge is 2.16. The maximum absolute atomic E-state index is 6.40. The Morgan fingerprint density at radius 3 is 3.00 bits per heavy atom. The quantitative estimate of drug-likeness (QED) is 0.817. The normalized spacial score (nSPS) is 18.4. The first kappa shape index (κ1) is 17.2. The number of hydrogen-bond acceptors (Lipinski definition) is 3. The second-order valence-electron chi connectivity index (χ2n) is 5.37. The maximum atomic E-state index is 6.40. The highest BCUT2D eigenvalue weighted by atomic mass is 79.9. The van der Waals surface area contributed by atoms with Crippen molar-refractivity contribution in [1.29, 1.82) is 0 Å². The fraction of sp³-hybridized carbons (Fsp3) is 0.625. The van der Waals surface area contributed by atoms with E-state index in [1.807, 2.05) is 6.07 Å². The summed E-state index contributed by atoms with van der Waals surface area (Å²) in [5, 5.41) is 4.38. The fourth-order valence-corrected chi connectivity index (χ4v) is 3.54. The summed E-state index contributed by atoms with van der Waals surface area (Å²) in [5.41, 5.74) is 1.19. The zero-order chi connectivity index (χ0) is 15.1. The highest BCUT2D eigenvalue weighted by molar-refractivity contribution is 9.10. The van der Waals surface area contributed by atoms with Crippen LogP contribution in [0.2, 0.25) is 5.02 Å². The monoisotopic (exact) mass is 374 g/mol. The lowest BCUT2D eigenvalue weighted by atomic mass is 10.0. The summed E-state index contributed by atoms with van der Waals surface area (Å²) in [6, 6.07) is 6.46. The average Bonchev–Trinajstić information content (AvgIpc) is 2.72. The van der Waals surface area contributed by atoms with Crippen molar-refractivity contribution in [2.45, 2.75) is 25.8 Å². The van der Waals surface area contributed by atoms with Gasteiger partial charge in [-0.25, -0.2) is 0 Å². The molecule has 1 saturated heterocycles. The number of nitrogens with zero attached hydrogens (tertiary/aromatic N) is 1. The Labute approximate surface area is 141 Å². The molecule has 1 aliphatic heterocycles. The van der Waals surface area contributed by atoms with E-state index < -0.39 is 0 Å². The molecule has 1 aromatic rings. The predicted octanol–water partition coefficient (Wildman–Crippen LogP) is 3.87. The van der Waals surface area contributed by atoms with Crippen molar-refractivity contribution in [2.24, 2.45) is 0 Å². The zero-order valence-electron chi connectivity index (χ0n) is 12.6. The molecule has 2 rings (SSSR count). The van der Waals surface area contributed by atoms with Gasteiger partial charge in [0.05, 0.1) is 6.61 Å². The maximum Gasteiger partial charge on any atom is 0.0593 e. The van der Waals surface area contributed by atoms with Gasteiger partial charge in [-0.3, -0.25) is 0 Å². The molecule has 1 aromatic carbocycles. The molecule has 0 bridgehead atoms. The van der Waals surface area contributed by atoms with Crippen LogP contribution in [-0.2, 0) is 4.74 Å². The molecule has 3 nitrogen and oxygen atoms in total. The third-order valence-electron chi connectivity index (χ3n) is 3.84. The molecule has 0 aromatic heterocycles. The van der Waals surface area contributed by atoms with Crippen LogP contribution in [0.3, 0.4) is 0 Å². The second kappa shape index (κ2) is 9.11. The van der Waals surface area contributed by atoms with Crippen molar-refractivity contribution in [3.63, 3.8) is 0 Å². The number of hydrogen-bond donors (Lipinski definition) is 1. The molecule has 0 radical (unpaired) electrons. The van der Waals surface area contributed by atoms with Gasteiger partial charge in [0, 0.05) is 41.8 Å². The van der Waals surface area contributed by atoms with Gasteiger partial charge in [-0.05, 0) is 37.1 Å². The lowest BCUT2D eigenvalue weighted by Crippen LogP contribution is -2.31. The van der Waals surface area contributed by atoms with Gasteiger partial charge in [0.2, 0.25) is 0 Å². The van der Waals surface area contributed by atoms with Gasteiger partial charge in [-0.1, -0.05) is 40.5 Å². The number of ether oxygens (including phenoxy) is 1. The van der Waals surface area contributed by atoms with E-state index in [-0.39, 0.29) is 0 Å². The molecular weight excluding hydrogens is 352 g/mol. The van der Waals surface area contributed by atoms with Crippen LogP contribution in [0.15, 0.2) is 22.7 Å². The summed E-state index contributed by atoms with van der Waals surface area (Å²) in [6.45, 7) is 8.07. The van der Waals surface area contributed by atoms with E-state index in [1.165, 1.54) is 5.56 Å². The first-order chi connectivity index (χ1) is 10.2. The summed E-state index contributed by atoms with van der Waals surface area (Å²) in [5.74, 6) is 0. The molecule has 118 valence electrons. The molecule has 21 heavy (non-hydrogen) atoms. The Balaban J connectivity index is 1.97. The van der Waals surface area contributed by atoms with Gasteiger partial charge in [0.25, 0.3) is 0 Å². The molecule has 0 saturated carbocycles. The van der Waals surface area contributed by atoms with Crippen molar-refractivity contribution < 1.29 is 4.74 Å². The summed E-state index contributed by atoms with van der Waals surface area (Å²) in [7, 11) is 0. The van der Waals surface area contributed by atoms with Crippen molar-refractivity contribution in [1.82, 2.24) is 10.2 Å². The number of benzene rings is 1. The Hall–Kier alpha value is -0.130. The molecule has 1 fully saturated rings. The molecule has 0 aliphatic carbocycles. The number of halogens is 2. The fourth-order valence-electron chi connectivity index (χ4n) is 2.73. The van der Waals surface area contributed by atoms with Crippen LogP contribution >= 0.6 is 27.5 Å². The standard InChI is InChI=1S/C16H24BrClN2O/c1-2-19-16(14-5-4-13(17)12-15(14)18)6-8-20-7-3-10-21-11-9-20/h4-5,12,16,19H,2-3,6-11H2,1H3. The lowest BCUT2D eigenvalue weighted by Gasteiger charge is -2.24. The van der Waals surface area contributed by atoms with Gasteiger partial charge < -0.3 is 15.0 Å². The Morgan fingerprint density at radius 1 is 1.38 bits per heavy atom. The molecule has 0 spiro atoms. The van der Waals surface area contributed by atoms with Crippen molar-refractivity contribution in [3.8, 4) is 0 Å². The van der Waals surface area contributed by atoms with Gasteiger partial charge in [0.1, 0.15) is 0 Å². The van der Waals surface area contributed by atoms with Crippen LogP contribution in [0, 0.1) is 0 Å². The van der Waals surface area contributed by atoms with Crippen LogP contribution in [0.4, 0.5) is 0 Å². The van der Waals surface area contributed by atoms with E-state index in [1.54, 1.807) is 0 Å². The van der Waals surface area contributed by atoms with Crippen molar-refractivity contribution >= 4 is 27.5 Å². The van der Waals surface area contributed by atoms with E-state index in [0.29, 0.717) is 6.04 Å². The summed E-state index contributed by atoms with van der Waals surface area (Å²) >= 11 is 9.87. The molecule has 1 atom stereocenters. The lowest BCUT2D eigenvalue weighted by molar-refractivity contribution is 0.140. The van der Waals surface area contributed by atoms with Gasteiger partial charge in [-0.15, -0.1) is 0 Å². The molecular formula is C16H24BrClN2O. The van der Waals surface area contributed by atoms with Crippen molar-refractivity contribution in [2.75, 3.05) is 39.4 Å². The van der Waals surface area contributed by atoms with Crippen LogP contribution in [0.25, 0.3) is 0 Å². The van der Waals surface area contributed by atoms with Crippen LogP contribution in [0.1, 0.15) is 31.4 Å². The summed E-state index contributed by atoms with van der Waals surface area (Å²) < 4.78 is 6.54. The van der Waals surface area contributed by atoms with Gasteiger partial charge >= 0.3 is 0 Å². The molecule has 1 aliphatic rings. The smallest absolute Gasteiger partial charge is 0.0593 e. The minimum Gasteiger partial charge on any atom is -0.380 e. The summed E-state index contributed by atoms with van der Waals surface area (Å²) in [6.07, 6.45) is 2.19. The molecule has 5 heteroatoms. The van der Waals surface area contributed by atoms with Crippen molar-refractivity contribution in [3.05, 3.63) is 33.3 Å². The van der Waals surface area contributed by atoms with Crippen LogP contribution in [0.5, 0.6) is 0 Å². The first-order valence-corrected chi connectivity index (χ1v) is 8.86. The third kappa shape index (κ3) is 5.53. The minimum atomic E-state index is 0.305. The van der Waals surface area contributed by atoms with E-state index >= 15 is 0 Å². The molecule has 1 unspecified atom stereocenters. The Morgan fingerprint density at radius 2 is 2.24 bits per heavy atom. The topological polar surface area (TPSA) is 24.5 Å². The van der Waals surface area contributed by atoms with Crippen LogP contribution < -0.4 is 5.32 Å². The van der Waals surface area contributed by atoms with Gasteiger partial charge in [0.15, 0.2) is 0 Å². The van der Waals surface area contributed by atoms with Crippen LogP contribution in [-0.4, -0.2) is 44.3 Å². The number of rotatable bonds is 6. The highest BCUT2D eigenvalue weighted by Crippen LogP contribution is 2.28. The van der Waals surface area contributed by atoms with E-state index in [9.17, 15) is 0 Å². The Bertz CT molecular complexity index is 436. The average molecular weight is 376 g/mol. The molecule has 0 amide bonds. The zero-order valence-corrected chi connectivity index (χ0v) is 14.9. The molecule has 1 N–H and O–H groups in total. The predicted molar refractivity (Wildman–Crippen MR) is 92.1 cm³/mol. The Kier molecular flexibility index (Phi) is 7.47. The van der Waals surface area contributed by atoms with E-state index in [2.05, 4.69) is 45.2 Å². The van der Waals surface area contributed by atoms with Gasteiger partial charge in [-0.2, -0.15) is 0 Å². The van der Waals surface area contributed by atoms with E-state index in [0.717, 1.165) is 61.7 Å². The number of nitrogens with one attached hydrogen (secondary N) is 1. The minimum absolute atomic E-state index is 0.305.